The average molecular weight is 312 g/mol. The van der Waals surface area contributed by atoms with Crippen molar-refractivity contribution in [3.8, 4) is 0 Å². The van der Waals surface area contributed by atoms with Gasteiger partial charge in [-0.15, -0.1) is 0 Å². The Kier molecular flexibility index (Phi) is 7.54. The Hall–Kier alpha value is -1.26. The zero-order chi connectivity index (χ0) is 15.8. The minimum Gasteiger partial charge on any atom is -0.365 e. The van der Waals surface area contributed by atoms with Gasteiger partial charge in [0.2, 0.25) is 5.91 Å². The quantitative estimate of drug-likeness (QED) is 0.776. The lowest BCUT2D eigenvalue weighted by atomic mass is 10.1. The largest absolute Gasteiger partial charge is 0.365 e. The molecule has 0 heterocycles. The number of amides is 1. The number of anilines is 1. The van der Waals surface area contributed by atoms with Gasteiger partial charge in [-0.1, -0.05) is 38.4 Å². The van der Waals surface area contributed by atoms with Gasteiger partial charge in [-0.3, -0.25) is 4.79 Å². The monoisotopic (exact) mass is 311 g/mol. The lowest BCUT2D eigenvalue weighted by molar-refractivity contribution is -0.119. The van der Waals surface area contributed by atoms with E-state index < -0.39 is 0 Å². The molecule has 0 bridgehead atoms. The molecule has 4 nitrogen and oxygen atoms in total. The van der Waals surface area contributed by atoms with E-state index in [-0.39, 0.29) is 5.91 Å². The van der Waals surface area contributed by atoms with E-state index in [2.05, 4.69) is 31.4 Å². The molecule has 1 rings (SSSR count). The number of carbonyl (C=O) groups is 1. The third-order valence-corrected chi connectivity index (χ3v) is 3.50. The number of halogens is 1. The first-order valence-electron chi connectivity index (χ1n) is 7.41. The average Bonchev–Trinajstić information content (AvgIpc) is 2.43. The first-order chi connectivity index (χ1) is 9.95. The maximum atomic E-state index is 11.9. The highest BCUT2D eigenvalue weighted by Crippen LogP contribution is 2.26. The van der Waals surface area contributed by atoms with Crippen molar-refractivity contribution in [2.75, 3.05) is 31.6 Å². The van der Waals surface area contributed by atoms with Crippen molar-refractivity contribution >= 4 is 23.2 Å². The smallest absolute Gasteiger partial charge is 0.239 e. The molecule has 0 fully saturated rings. The van der Waals surface area contributed by atoms with Crippen LogP contribution in [0.15, 0.2) is 18.2 Å². The van der Waals surface area contributed by atoms with Crippen molar-refractivity contribution < 1.29 is 4.79 Å². The Morgan fingerprint density at radius 3 is 2.71 bits per heavy atom. The summed E-state index contributed by atoms with van der Waals surface area (Å²) >= 11 is 6.28. The van der Waals surface area contributed by atoms with Crippen LogP contribution in [0, 0.1) is 5.92 Å². The van der Waals surface area contributed by atoms with Crippen molar-refractivity contribution in [3.05, 3.63) is 28.8 Å². The molecular weight excluding hydrogens is 286 g/mol. The molecule has 0 spiro atoms. The van der Waals surface area contributed by atoms with Gasteiger partial charge >= 0.3 is 0 Å². The highest BCUT2D eigenvalue weighted by Gasteiger charge is 2.13. The van der Waals surface area contributed by atoms with E-state index in [0.29, 0.717) is 25.6 Å². The number of likely N-dealkylation sites (N-methyl/N-ethyl adjacent to an activating group) is 1. The highest BCUT2D eigenvalue weighted by molar-refractivity contribution is 6.31. The number of nitrogens with zero attached hydrogens (tertiary/aromatic N) is 1. The normalized spacial score (nSPS) is 10.8. The molecule has 1 aromatic carbocycles. The molecule has 0 atom stereocenters. The molecule has 0 radical (unpaired) electrons. The summed E-state index contributed by atoms with van der Waals surface area (Å²) < 4.78 is 0. The minimum absolute atomic E-state index is 0.0283. The number of carbonyl (C=O) groups excluding carboxylic acids is 1. The number of rotatable bonds is 8. The van der Waals surface area contributed by atoms with Crippen LogP contribution in [0.2, 0.25) is 5.02 Å². The van der Waals surface area contributed by atoms with Crippen LogP contribution in [-0.4, -0.2) is 32.6 Å². The number of hydrogen-bond donors (Lipinski definition) is 2. The van der Waals surface area contributed by atoms with E-state index in [4.69, 9.17) is 11.6 Å². The van der Waals surface area contributed by atoms with Gasteiger partial charge in [-0.05, 0) is 24.6 Å². The zero-order valence-electron chi connectivity index (χ0n) is 13.4. The highest BCUT2D eigenvalue weighted by atomic mass is 35.5. The third kappa shape index (κ3) is 5.94. The Bertz CT molecular complexity index is 463. The van der Waals surface area contributed by atoms with Crippen LogP contribution in [0.1, 0.15) is 26.3 Å². The van der Waals surface area contributed by atoms with Crippen LogP contribution in [0.4, 0.5) is 5.69 Å². The van der Waals surface area contributed by atoms with Crippen LogP contribution in [0.5, 0.6) is 0 Å². The molecular formula is C16H26ClN3O. The predicted molar refractivity (Wildman–Crippen MR) is 90.0 cm³/mol. The van der Waals surface area contributed by atoms with Crippen molar-refractivity contribution in [2.24, 2.45) is 5.92 Å². The van der Waals surface area contributed by atoms with Gasteiger partial charge in [0.05, 0.1) is 6.54 Å². The second-order valence-electron chi connectivity index (χ2n) is 5.57. The zero-order valence-corrected chi connectivity index (χ0v) is 14.1. The number of nitrogens with one attached hydrogen (secondary N) is 2. The van der Waals surface area contributed by atoms with Crippen LogP contribution in [0.3, 0.4) is 0 Å². The van der Waals surface area contributed by atoms with Gasteiger partial charge in [0.25, 0.3) is 0 Å². The lowest BCUT2D eigenvalue weighted by Crippen LogP contribution is -2.37. The van der Waals surface area contributed by atoms with Gasteiger partial charge in [-0.2, -0.15) is 0 Å². The molecule has 0 unspecified atom stereocenters. The summed E-state index contributed by atoms with van der Waals surface area (Å²) in [6.07, 6.45) is 0. The van der Waals surface area contributed by atoms with E-state index in [0.717, 1.165) is 22.8 Å². The Labute approximate surface area is 132 Å². The fourth-order valence-electron chi connectivity index (χ4n) is 2.00. The van der Waals surface area contributed by atoms with Crippen molar-refractivity contribution in [1.82, 2.24) is 10.6 Å². The summed E-state index contributed by atoms with van der Waals surface area (Å²) in [5.41, 5.74) is 2.02. The Balaban J connectivity index is 2.74. The topological polar surface area (TPSA) is 44.4 Å². The summed E-state index contributed by atoms with van der Waals surface area (Å²) in [5.74, 6) is 0.482. The molecule has 0 saturated heterocycles. The lowest BCUT2D eigenvalue weighted by Gasteiger charge is -2.23. The molecule has 0 aliphatic carbocycles. The molecule has 5 heteroatoms. The number of benzene rings is 1. The summed E-state index contributed by atoms with van der Waals surface area (Å²) in [5, 5.41) is 6.94. The van der Waals surface area contributed by atoms with E-state index >= 15 is 0 Å². The Morgan fingerprint density at radius 2 is 2.10 bits per heavy atom. The van der Waals surface area contributed by atoms with Gasteiger partial charge in [0, 0.05) is 36.4 Å². The summed E-state index contributed by atoms with van der Waals surface area (Å²) in [6.45, 7) is 8.82. The van der Waals surface area contributed by atoms with Gasteiger partial charge in [0.15, 0.2) is 0 Å². The first-order valence-corrected chi connectivity index (χ1v) is 7.79. The third-order valence-electron chi connectivity index (χ3n) is 3.15. The first kappa shape index (κ1) is 17.8. The van der Waals surface area contributed by atoms with Crippen LogP contribution < -0.4 is 15.5 Å². The maximum absolute atomic E-state index is 11.9. The SMILES string of the molecule is CCNCc1c(Cl)cccc1N(C)CC(=O)NCC(C)C. The molecule has 0 aliphatic rings. The fourth-order valence-corrected chi connectivity index (χ4v) is 2.24. The number of hydrogen-bond acceptors (Lipinski definition) is 3. The van der Waals surface area contributed by atoms with Gasteiger partial charge in [0.1, 0.15) is 0 Å². The second kappa shape index (κ2) is 8.90. The van der Waals surface area contributed by atoms with Crippen molar-refractivity contribution in [3.63, 3.8) is 0 Å². The molecule has 0 aliphatic heterocycles. The summed E-state index contributed by atoms with van der Waals surface area (Å²) in [7, 11) is 1.91. The van der Waals surface area contributed by atoms with Gasteiger partial charge < -0.3 is 15.5 Å². The maximum Gasteiger partial charge on any atom is 0.239 e. The van der Waals surface area contributed by atoms with Gasteiger partial charge in [-0.25, -0.2) is 0 Å². The summed E-state index contributed by atoms with van der Waals surface area (Å²) in [6, 6.07) is 5.79. The van der Waals surface area contributed by atoms with Crippen LogP contribution in [0.25, 0.3) is 0 Å². The van der Waals surface area contributed by atoms with E-state index in [1.54, 1.807) is 0 Å². The summed E-state index contributed by atoms with van der Waals surface area (Å²) in [4.78, 5) is 13.9. The molecule has 0 aromatic heterocycles. The predicted octanol–water partition coefficient (Wildman–Crippen LogP) is 2.66. The van der Waals surface area contributed by atoms with Crippen molar-refractivity contribution in [1.29, 1.82) is 0 Å². The van der Waals surface area contributed by atoms with E-state index in [1.807, 2.05) is 30.1 Å². The van der Waals surface area contributed by atoms with E-state index in [1.165, 1.54) is 0 Å². The molecule has 0 saturated carbocycles. The molecule has 118 valence electrons. The fraction of sp³-hybridized carbons (Fsp3) is 0.562. The standard InChI is InChI=1S/C16H26ClN3O/c1-5-18-10-13-14(17)7-6-8-15(13)20(4)11-16(21)19-9-12(2)3/h6-8,12,18H,5,9-11H2,1-4H3,(H,19,21). The second-order valence-corrected chi connectivity index (χ2v) is 5.98. The minimum atomic E-state index is 0.0283. The molecule has 2 N–H and O–H groups in total. The van der Waals surface area contributed by atoms with Crippen LogP contribution >= 0.6 is 11.6 Å². The molecule has 1 amide bonds. The molecule has 1 aromatic rings. The van der Waals surface area contributed by atoms with E-state index in [9.17, 15) is 4.79 Å². The van der Waals surface area contributed by atoms with Crippen molar-refractivity contribution in [2.45, 2.75) is 27.3 Å². The van der Waals surface area contributed by atoms with Crippen LogP contribution in [-0.2, 0) is 11.3 Å². The Morgan fingerprint density at radius 1 is 1.38 bits per heavy atom. The molecule has 21 heavy (non-hydrogen) atoms.